The van der Waals surface area contributed by atoms with E-state index >= 15 is 0 Å². The molecule has 0 aromatic carbocycles. The number of aryl methyl sites for hydroxylation is 1. The summed E-state index contributed by atoms with van der Waals surface area (Å²) in [6.07, 6.45) is 7.25. The van der Waals surface area contributed by atoms with Crippen LogP contribution in [0, 0.1) is 5.92 Å². The van der Waals surface area contributed by atoms with Crippen LogP contribution >= 0.6 is 0 Å². The van der Waals surface area contributed by atoms with Gasteiger partial charge in [0.1, 0.15) is 0 Å². The molecule has 0 aliphatic heterocycles. The maximum atomic E-state index is 9.51. The lowest BCUT2D eigenvalue weighted by atomic mass is 10.1. The van der Waals surface area contributed by atoms with E-state index in [0.29, 0.717) is 12.0 Å². The highest BCUT2D eigenvalue weighted by molar-refractivity contribution is 5.27. The summed E-state index contributed by atoms with van der Waals surface area (Å²) in [6, 6.07) is 4.64. The molecule has 0 amide bonds. The number of fused-ring (bicyclic) bond motifs is 1. The van der Waals surface area contributed by atoms with Gasteiger partial charge in [0.15, 0.2) is 0 Å². The molecule has 3 rings (SSSR count). The predicted molar refractivity (Wildman–Crippen MR) is 66.6 cm³/mol. The maximum absolute atomic E-state index is 9.51. The molecule has 0 spiro atoms. The van der Waals surface area contributed by atoms with Gasteiger partial charge in [-0.05, 0) is 56.2 Å². The van der Waals surface area contributed by atoms with Crippen molar-refractivity contribution in [2.75, 3.05) is 6.54 Å². The van der Waals surface area contributed by atoms with Gasteiger partial charge in [-0.25, -0.2) is 0 Å². The molecule has 3 unspecified atom stereocenters. The van der Waals surface area contributed by atoms with Gasteiger partial charge in [-0.3, -0.25) is 4.98 Å². The number of nitrogens with zero attached hydrogens (tertiary/aromatic N) is 1. The van der Waals surface area contributed by atoms with E-state index in [2.05, 4.69) is 16.4 Å². The molecular formula is C14H20N2O. The Morgan fingerprint density at radius 1 is 1.35 bits per heavy atom. The van der Waals surface area contributed by atoms with Gasteiger partial charge in [-0.1, -0.05) is 6.07 Å². The molecule has 3 atom stereocenters. The lowest BCUT2D eigenvalue weighted by Gasteiger charge is -2.16. The average molecular weight is 232 g/mol. The SMILES string of the molecule is OC1CCC(CNC2CCc3cccnc32)C1. The summed E-state index contributed by atoms with van der Waals surface area (Å²) in [5.41, 5.74) is 2.64. The van der Waals surface area contributed by atoms with Crippen LogP contribution in [0.4, 0.5) is 0 Å². The van der Waals surface area contributed by atoms with Crippen LogP contribution in [0.1, 0.15) is 43.0 Å². The summed E-state index contributed by atoms with van der Waals surface area (Å²) >= 11 is 0. The fourth-order valence-electron chi connectivity index (χ4n) is 3.15. The summed E-state index contributed by atoms with van der Waals surface area (Å²) < 4.78 is 0. The number of aromatic nitrogens is 1. The van der Waals surface area contributed by atoms with E-state index < -0.39 is 0 Å². The number of aliphatic hydroxyl groups excluding tert-OH is 1. The topological polar surface area (TPSA) is 45.1 Å². The van der Waals surface area contributed by atoms with Crippen molar-refractivity contribution in [2.45, 2.75) is 44.2 Å². The number of pyridine rings is 1. The predicted octanol–water partition coefficient (Wildman–Crippen LogP) is 1.82. The van der Waals surface area contributed by atoms with Gasteiger partial charge >= 0.3 is 0 Å². The Labute approximate surface area is 102 Å². The second-order valence-electron chi connectivity index (χ2n) is 5.38. The summed E-state index contributed by atoms with van der Waals surface area (Å²) in [5.74, 6) is 0.651. The van der Waals surface area contributed by atoms with E-state index in [9.17, 15) is 5.11 Å². The zero-order chi connectivity index (χ0) is 11.7. The molecule has 2 N–H and O–H groups in total. The first-order valence-corrected chi connectivity index (χ1v) is 6.68. The molecule has 0 radical (unpaired) electrons. The van der Waals surface area contributed by atoms with Gasteiger partial charge in [0.2, 0.25) is 0 Å². The van der Waals surface area contributed by atoms with Crippen LogP contribution in [0.5, 0.6) is 0 Å². The quantitative estimate of drug-likeness (QED) is 0.835. The first kappa shape index (κ1) is 11.2. The highest BCUT2D eigenvalue weighted by Gasteiger charge is 2.26. The van der Waals surface area contributed by atoms with Gasteiger partial charge in [0.25, 0.3) is 0 Å². The van der Waals surface area contributed by atoms with Crippen molar-refractivity contribution < 1.29 is 5.11 Å². The third-order valence-electron chi connectivity index (χ3n) is 4.12. The summed E-state index contributed by atoms with van der Waals surface area (Å²) in [5, 5.41) is 13.1. The molecule has 92 valence electrons. The van der Waals surface area contributed by atoms with E-state index in [1.165, 1.54) is 17.7 Å². The number of aliphatic hydroxyl groups is 1. The van der Waals surface area contributed by atoms with Crippen LogP contribution in [0.3, 0.4) is 0 Å². The Balaban J connectivity index is 1.57. The summed E-state index contributed by atoms with van der Waals surface area (Å²) in [6.45, 7) is 1.03. The normalized spacial score (nSPS) is 31.7. The molecule has 2 aliphatic rings. The minimum absolute atomic E-state index is 0.0595. The zero-order valence-corrected chi connectivity index (χ0v) is 10.1. The van der Waals surface area contributed by atoms with Crippen LogP contribution in [0.25, 0.3) is 0 Å². The van der Waals surface area contributed by atoms with Gasteiger partial charge in [0.05, 0.1) is 17.8 Å². The lowest BCUT2D eigenvalue weighted by molar-refractivity contribution is 0.177. The second-order valence-corrected chi connectivity index (χ2v) is 5.38. The lowest BCUT2D eigenvalue weighted by Crippen LogP contribution is -2.25. The van der Waals surface area contributed by atoms with Crippen LogP contribution in [-0.2, 0) is 6.42 Å². The third kappa shape index (κ3) is 2.35. The van der Waals surface area contributed by atoms with Crippen LogP contribution < -0.4 is 5.32 Å². The van der Waals surface area contributed by atoms with E-state index in [0.717, 1.165) is 32.2 Å². The van der Waals surface area contributed by atoms with Crippen molar-refractivity contribution in [1.29, 1.82) is 0 Å². The Morgan fingerprint density at radius 3 is 3.12 bits per heavy atom. The Hall–Kier alpha value is -0.930. The number of hydrogen-bond donors (Lipinski definition) is 2. The van der Waals surface area contributed by atoms with E-state index in [1.807, 2.05) is 12.3 Å². The standard InChI is InChI=1S/C14H20N2O/c17-12-5-3-10(8-12)9-16-13-6-4-11-2-1-7-15-14(11)13/h1-2,7,10,12-13,16-17H,3-6,8-9H2. The minimum atomic E-state index is -0.0595. The molecule has 17 heavy (non-hydrogen) atoms. The van der Waals surface area contributed by atoms with E-state index in [-0.39, 0.29) is 6.10 Å². The molecule has 3 nitrogen and oxygen atoms in total. The molecule has 1 saturated carbocycles. The molecule has 0 bridgehead atoms. The molecule has 1 heterocycles. The fraction of sp³-hybridized carbons (Fsp3) is 0.643. The van der Waals surface area contributed by atoms with Crippen LogP contribution in [0.15, 0.2) is 18.3 Å². The second kappa shape index (κ2) is 4.75. The van der Waals surface area contributed by atoms with Gasteiger partial charge in [-0.15, -0.1) is 0 Å². The molecule has 1 aromatic heterocycles. The number of nitrogens with one attached hydrogen (secondary N) is 1. The van der Waals surface area contributed by atoms with Crippen molar-refractivity contribution in [2.24, 2.45) is 5.92 Å². The van der Waals surface area contributed by atoms with Crippen molar-refractivity contribution in [3.63, 3.8) is 0 Å². The van der Waals surface area contributed by atoms with Gasteiger partial charge < -0.3 is 10.4 Å². The summed E-state index contributed by atoms with van der Waals surface area (Å²) in [7, 11) is 0. The smallest absolute Gasteiger partial charge is 0.0605 e. The first-order chi connectivity index (χ1) is 8.33. The Kier molecular flexibility index (Phi) is 3.12. The number of rotatable bonds is 3. The number of hydrogen-bond acceptors (Lipinski definition) is 3. The fourth-order valence-corrected chi connectivity index (χ4v) is 3.15. The molecule has 3 heteroatoms. The van der Waals surface area contributed by atoms with Crippen LogP contribution in [-0.4, -0.2) is 22.7 Å². The maximum Gasteiger partial charge on any atom is 0.0605 e. The Bertz CT molecular complexity index is 394. The minimum Gasteiger partial charge on any atom is -0.393 e. The van der Waals surface area contributed by atoms with Crippen molar-refractivity contribution in [3.05, 3.63) is 29.6 Å². The molecule has 2 aliphatic carbocycles. The monoisotopic (exact) mass is 232 g/mol. The highest BCUT2D eigenvalue weighted by Crippen LogP contribution is 2.30. The molecule has 0 saturated heterocycles. The molecule has 1 fully saturated rings. The van der Waals surface area contributed by atoms with Crippen molar-refractivity contribution in [3.8, 4) is 0 Å². The van der Waals surface area contributed by atoms with Crippen LogP contribution in [0.2, 0.25) is 0 Å². The van der Waals surface area contributed by atoms with Crippen molar-refractivity contribution >= 4 is 0 Å². The van der Waals surface area contributed by atoms with Gasteiger partial charge in [-0.2, -0.15) is 0 Å². The average Bonchev–Trinajstić information content (AvgIpc) is 2.93. The first-order valence-electron chi connectivity index (χ1n) is 6.68. The van der Waals surface area contributed by atoms with Gasteiger partial charge in [0, 0.05) is 6.20 Å². The molecule has 1 aromatic rings. The molecular weight excluding hydrogens is 212 g/mol. The third-order valence-corrected chi connectivity index (χ3v) is 4.12. The van der Waals surface area contributed by atoms with E-state index in [1.54, 1.807) is 0 Å². The Morgan fingerprint density at radius 2 is 2.29 bits per heavy atom. The summed E-state index contributed by atoms with van der Waals surface area (Å²) in [4.78, 5) is 4.49. The van der Waals surface area contributed by atoms with E-state index in [4.69, 9.17) is 0 Å². The zero-order valence-electron chi connectivity index (χ0n) is 10.1. The largest absolute Gasteiger partial charge is 0.393 e. The highest BCUT2D eigenvalue weighted by atomic mass is 16.3. The van der Waals surface area contributed by atoms with Crippen molar-refractivity contribution in [1.82, 2.24) is 10.3 Å².